The van der Waals surface area contributed by atoms with Gasteiger partial charge in [-0.3, -0.25) is 33.9 Å². The minimum Gasteiger partial charge on any atom is -0.472 e. The van der Waals surface area contributed by atoms with Crippen LogP contribution in [0.5, 0.6) is 0 Å². The highest BCUT2D eigenvalue weighted by molar-refractivity contribution is 7.19. The third kappa shape index (κ3) is 18.1. The summed E-state index contributed by atoms with van der Waals surface area (Å²) in [7, 11) is 0. The summed E-state index contributed by atoms with van der Waals surface area (Å²) in [5, 5.41) is 16.2. The molecule has 34 heteroatoms. The maximum Gasteiger partial charge on any atom is 0.274 e. The Hall–Kier alpha value is -11.5. The lowest BCUT2D eigenvalue weighted by molar-refractivity contribution is 0.0466. The standard InChI is InChI=1S/C23H22N6O3S.C19H21N5OS.C18H19FN6OS.C18H18FN5OS/c1-13(16-4-3-6-24-9-16)25-23-27-19(20-21(28-23)26-14(2)33-20)22(31)29-10-15(11-29)8-18(30)17-5-7-32-12-17;1-12(14-8-4-3-5-9-14)20-19-22-15(18(25)24-10-6-7-11-24)16-17(23-19)21-13(2)26-16;1-10(12-7-13(19)9-20-8-12)21-18-23-14(17(26)25-5-3-4-6-25)15-16(24-18)22-11(2)27-15;1-10(12-5-3-6-13(19)9-12)20-18-22-14(17(25)24-7-4-8-24)15-16(23-18)21-11(2)26-15/h3-7,9,12-13,15H,8,10-11H2,1-2H3,(H,25,27,28);3-5,8-9,12H,6-7,10-11H2,1-2H3,(H,20,22,23);7-10H,3-6H2,1-2H3,(H,21,23,24);3,5-6,9-10H,4,7-8H2,1-2H3,(H,20,22,23)/t13-;12-;2*10-/m0000/s1. The molecule has 0 saturated carbocycles. The molecule has 4 N–H and O–H groups in total. The number of hydrogen-bond donors (Lipinski definition) is 4. The van der Waals surface area contributed by atoms with Crippen LogP contribution in [0.4, 0.5) is 32.6 Å². The van der Waals surface area contributed by atoms with Gasteiger partial charge in [-0.25, -0.2) is 48.7 Å². The summed E-state index contributed by atoms with van der Waals surface area (Å²) in [6.45, 7) is 21.0. The average molecular weight is 1590 g/mol. The van der Waals surface area contributed by atoms with E-state index in [0.29, 0.717) is 114 Å². The zero-order chi connectivity index (χ0) is 78.3. The molecule has 2 aromatic carbocycles. The van der Waals surface area contributed by atoms with E-state index in [2.05, 4.69) is 110 Å². The van der Waals surface area contributed by atoms with Crippen LogP contribution in [0.3, 0.4) is 0 Å². The number of likely N-dealkylation sites (tertiary alicyclic amines) is 4. The Morgan fingerprint density at radius 3 is 1.22 bits per heavy atom. The van der Waals surface area contributed by atoms with Crippen LogP contribution in [0, 0.1) is 45.2 Å². The van der Waals surface area contributed by atoms with E-state index >= 15 is 0 Å². The molecule has 0 unspecified atom stereocenters. The van der Waals surface area contributed by atoms with Crippen LogP contribution in [-0.2, 0) is 0 Å². The molecule has 576 valence electrons. The number of pyridine rings is 2. The molecule has 4 aliphatic rings. The summed E-state index contributed by atoms with van der Waals surface area (Å²) in [5.74, 6) is 0.495. The van der Waals surface area contributed by atoms with Crippen molar-refractivity contribution in [1.82, 2.24) is 89.4 Å². The molecule has 4 fully saturated rings. The number of amides is 4. The molecule has 4 saturated heterocycles. The second kappa shape index (κ2) is 34.4. The number of furan rings is 1. The zero-order valence-corrected chi connectivity index (χ0v) is 65.9. The Morgan fingerprint density at radius 1 is 0.429 bits per heavy atom. The monoisotopic (exact) mass is 1590 g/mol. The van der Waals surface area contributed by atoms with E-state index in [1.165, 1.54) is 76.1 Å². The zero-order valence-electron chi connectivity index (χ0n) is 62.6. The number of hydrogen-bond acceptors (Lipinski definition) is 28. The minimum atomic E-state index is -0.405. The van der Waals surface area contributed by atoms with Gasteiger partial charge in [0, 0.05) is 83.3 Å². The van der Waals surface area contributed by atoms with Crippen LogP contribution in [0.25, 0.3) is 41.4 Å². The van der Waals surface area contributed by atoms with E-state index in [0.717, 1.165) is 119 Å². The lowest BCUT2D eigenvalue weighted by atomic mass is 9.92. The van der Waals surface area contributed by atoms with E-state index in [9.17, 15) is 32.8 Å². The highest BCUT2D eigenvalue weighted by Crippen LogP contribution is 2.34. The number of ketones is 1. The number of Topliss-reactive ketones (excluding diaryl/α,β-unsaturated/α-hetero) is 1. The largest absolute Gasteiger partial charge is 0.472 e. The quantitative estimate of drug-likeness (QED) is 0.0546. The first kappa shape index (κ1) is 77.2. The van der Waals surface area contributed by atoms with Crippen molar-refractivity contribution in [2.24, 2.45) is 5.92 Å². The van der Waals surface area contributed by atoms with Crippen molar-refractivity contribution in [3.05, 3.63) is 198 Å². The van der Waals surface area contributed by atoms with Crippen molar-refractivity contribution >= 4 is 140 Å². The summed E-state index contributed by atoms with van der Waals surface area (Å²) in [6.07, 6.45) is 14.7. The van der Waals surface area contributed by atoms with Crippen molar-refractivity contribution in [2.75, 3.05) is 73.6 Å². The molecule has 11 aromatic heterocycles. The summed E-state index contributed by atoms with van der Waals surface area (Å²) in [6, 6.07) is 22.8. The molecule has 0 radical (unpaired) electrons. The predicted molar refractivity (Wildman–Crippen MR) is 427 cm³/mol. The number of thiazole rings is 4. The topological polar surface area (TPSA) is 340 Å². The Morgan fingerprint density at radius 2 is 0.821 bits per heavy atom. The predicted octanol–water partition coefficient (Wildman–Crippen LogP) is 14.6. The van der Waals surface area contributed by atoms with Gasteiger partial charge in [-0.15, -0.1) is 45.3 Å². The molecule has 0 bridgehead atoms. The average Bonchev–Trinajstić information content (AvgIpc) is 1.71. The fourth-order valence-electron chi connectivity index (χ4n) is 13.1. The van der Waals surface area contributed by atoms with E-state index in [1.807, 2.05) is 94.7 Å². The Bertz CT molecular complexity index is 5570. The molecular weight excluding hydrogens is 1510 g/mol. The third-order valence-corrected chi connectivity index (χ3v) is 23.1. The Kier molecular flexibility index (Phi) is 23.7. The third-order valence-electron chi connectivity index (χ3n) is 19.2. The van der Waals surface area contributed by atoms with Crippen molar-refractivity contribution in [3.63, 3.8) is 0 Å². The summed E-state index contributed by atoms with van der Waals surface area (Å²) < 4.78 is 34.8. The Labute approximate surface area is 658 Å². The number of nitrogens with zero attached hydrogens (tertiary/aromatic N) is 18. The van der Waals surface area contributed by atoms with E-state index in [4.69, 9.17) is 4.42 Å². The van der Waals surface area contributed by atoms with Gasteiger partial charge in [0.15, 0.2) is 51.1 Å². The van der Waals surface area contributed by atoms with Crippen LogP contribution >= 0.6 is 45.3 Å². The maximum absolute atomic E-state index is 13.5. The fraction of sp³-hybridized carbons (Fsp3) is 0.346. The first-order valence-corrected chi connectivity index (χ1v) is 40.1. The van der Waals surface area contributed by atoms with Crippen LogP contribution in [0.1, 0.15) is 185 Å². The van der Waals surface area contributed by atoms with Crippen LogP contribution in [0.2, 0.25) is 0 Å². The van der Waals surface area contributed by atoms with Gasteiger partial charge in [-0.05, 0) is 140 Å². The van der Waals surface area contributed by atoms with E-state index in [-0.39, 0.29) is 65.3 Å². The SMILES string of the molecule is Cc1nc2nc(N[C@@H](C)c3cccc(F)c3)nc(C(=O)N3CCC3)c2s1.Cc1nc2nc(N[C@@H](C)c3ccccc3)nc(C(=O)N3CCCC3)c2s1.Cc1nc2nc(N[C@@H](C)c3cccnc3)nc(C(=O)N3CC(CC(=O)c4ccoc4)C3)c2s1.Cc1nc2nc(N[C@@H](C)c3cncc(F)c3)nc(C(=O)N3CCCC3)c2s1. The second-order valence-corrected chi connectivity index (χ2v) is 32.5. The number of anilines is 4. The van der Waals surface area contributed by atoms with Crippen LogP contribution < -0.4 is 21.3 Å². The molecule has 0 spiro atoms. The molecule has 112 heavy (non-hydrogen) atoms. The first-order chi connectivity index (χ1) is 54.1. The van der Waals surface area contributed by atoms with Crippen molar-refractivity contribution in [2.45, 2.75) is 118 Å². The van der Waals surface area contributed by atoms with E-state index in [1.54, 1.807) is 40.5 Å². The molecule has 4 aliphatic heterocycles. The summed E-state index contributed by atoms with van der Waals surface area (Å²) >= 11 is 5.73. The number of nitrogens with one attached hydrogen (secondary N) is 4. The summed E-state index contributed by atoms with van der Waals surface area (Å²) in [5.41, 5.74) is 7.80. The number of fused-ring (bicyclic) bond motifs is 4. The normalized spacial score (nSPS) is 15.1. The smallest absolute Gasteiger partial charge is 0.274 e. The maximum atomic E-state index is 13.5. The van der Waals surface area contributed by atoms with Crippen molar-refractivity contribution in [3.8, 4) is 0 Å². The first-order valence-electron chi connectivity index (χ1n) is 36.8. The molecular formula is C78H80F2N22O6S4. The fourth-order valence-corrected chi connectivity index (χ4v) is 16.5. The highest BCUT2D eigenvalue weighted by Gasteiger charge is 2.36. The van der Waals surface area contributed by atoms with Gasteiger partial charge < -0.3 is 45.3 Å². The number of aromatic nitrogens is 14. The lowest BCUT2D eigenvalue weighted by Gasteiger charge is -2.38. The number of carbonyl (C=O) groups is 5. The number of rotatable bonds is 19. The molecule has 13 aromatic rings. The number of carbonyl (C=O) groups excluding carboxylic acids is 5. The van der Waals surface area contributed by atoms with Gasteiger partial charge in [0.1, 0.15) is 36.7 Å². The van der Waals surface area contributed by atoms with Crippen LogP contribution in [-0.4, -0.2) is 171 Å². The van der Waals surface area contributed by atoms with Crippen molar-refractivity contribution in [1.29, 1.82) is 0 Å². The van der Waals surface area contributed by atoms with Crippen molar-refractivity contribution < 1.29 is 37.2 Å². The van der Waals surface area contributed by atoms with E-state index < -0.39 is 5.82 Å². The summed E-state index contributed by atoms with van der Waals surface area (Å²) in [4.78, 5) is 133. The number of benzene rings is 2. The Balaban J connectivity index is 0.000000125. The second-order valence-electron chi connectivity index (χ2n) is 27.6. The van der Waals surface area contributed by atoms with Gasteiger partial charge in [0.05, 0.1) is 62.2 Å². The number of aryl methyl sites for hydroxylation is 4. The molecule has 17 rings (SSSR count). The molecule has 28 nitrogen and oxygen atoms in total. The van der Waals surface area contributed by atoms with Gasteiger partial charge in [-0.1, -0.05) is 48.5 Å². The number of halogens is 2. The minimum absolute atomic E-state index is 0.0195. The molecule has 4 amide bonds. The van der Waals surface area contributed by atoms with Crippen LogP contribution in [0.15, 0.2) is 121 Å². The highest BCUT2D eigenvalue weighted by atomic mass is 32.1. The lowest BCUT2D eigenvalue weighted by Crippen LogP contribution is -2.50. The van der Waals surface area contributed by atoms with Gasteiger partial charge in [0.2, 0.25) is 23.8 Å². The van der Waals surface area contributed by atoms with Gasteiger partial charge >= 0.3 is 0 Å². The molecule has 15 heterocycles. The van der Waals surface area contributed by atoms with Gasteiger partial charge in [-0.2, -0.15) is 19.9 Å². The van der Waals surface area contributed by atoms with Gasteiger partial charge in [0.25, 0.3) is 23.6 Å². The molecule has 0 aliphatic carbocycles. The molecule has 4 atom stereocenters.